The number of anilines is 1. The summed E-state index contributed by atoms with van der Waals surface area (Å²) in [5, 5.41) is 0. The lowest BCUT2D eigenvalue weighted by Gasteiger charge is -2.19. The Morgan fingerprint density at radius 3 is 2.78 bits per heavy atom. The number of ether oxygens (including phenoxy) is 1. The number of carbonyl (C=O) groups is 1. The first kappa shape index (κ1) is 15.3. The van der Waals surface area contributed by atoms with E-state index in [0.29, 0.717) is 13.0 Å². The topological polar surface area (TPSA) is 42.4 Å². The number of aromatic nitrogens is 1. The van der Waals surface area contributed by atoms with Crippen molar-refractivity contribution in [2.75, 3.05) is 18.1 Å². The number of benzene rings is 1. The van der Waals surface area contributed by atoms with Gasteiger partial charge in [0, 0.05) is 18.4 Å². The summed E-state index contributed by atoms with van der Waals surface area (Å²) in [6.07, 6.45) is -2.49. The highest BCUT2D eigenvalue weighted by atomic mass is 19.4. The summed E-state index contributed by atoms with van der Waals surface area (Å²) in [6.45, 7) is -1.01. The first-order valence-electron chi connectivity index (χ1n) is 7.00. The number of alkyl halides is 3. The van der Waals surface area contributed by atoms with Crippen molar-refractivity contribution in [2.24, 2.45) is 0 Å². The molecule has 1 amide bonds. The fraction of sp³-hybridized carbons (Fsp3) is 0.250. The molecule has 0 unspecified atom stereocenters. The molecular weight excluding hydrogens is 309 g/mol. The van der Waals surface area contributed by atoms with E-state index >= 15 is 0 Å². The van der Waals surface area contributed by atoms with Crippen molar-refractivity contribution in [3.8, 4) is 5.88 Å². The van der Waals surface area contributed by atoms with Gasteiger partial charge >= 0.3 is 6.18 Å². The lowest BCUT2D eigenvalue weighted by atomic mass is 10.2. The summed E-state index contributed by atoms with van der Waals surface area (Å²) in [5.74, 6) is -0.723. The van der Waals surface area contributed by atoms with Crippen LogP contribution >= 0.6 is 0 Å². The molecule has 23 heavy (non-hydrogen) atoms. The lowest BCUT2D eigenvalue weighted by Crippen LogP contribution is -2.30. The Morgan fingerprint density at radius 2 is 2.00 bits per heavy atom. The highest BCUT2D eigenvalue weighted by molar-refractivity contribution is 6.08. The van der Waals surface area contributed by atoms with E-state index in [0.717, 1.165) is 11.3 Å². The number of hydrogen-bond donors (Lipinski definition) is 0. The largest absolute Gasteiger partial charge is 0.467 e. The molecule has 0 atom stereocenters. The molecule has 4 nitrogen and oxygen atoms in total. The van der Waals surface area contributed by atoms with Crippen LogP contribution in [0, 0.1) is 0 Å². The van der Waals surface area contributed by atoms with Crippen LogP contribution in [0.2, 0.25) is 0 Å². The van der Waals surface area contributed by atoms with Crippen molar-refractivity contribution >= 4 is 11.6 Å². The molecule has 0 radical (unpaired) electrons. The van der Waals surface area contributed by atoms with Gasteiger partial charge in [-0.1, -0.05) is 18.2 Å². The van der Waals surface area contributed by atoms with Crippen molar-refractivity contribution in [3.63, 3.8) is 0 Å². The van der Waals surface area contributed by atoms with Crippen LogP contribution in [0.25, 0.3) is 0 Å². The SMILES string of the molecule is O=C(c1cccnc1OCC(F)(F)F)N1CCc2ccccc21. The van der Waals surface area contributed by atoms with Crippen LogP contribution in [0.5, 0.6) is 5.88 Å². The van der Waals surface area contributed by atoms with Crippen molar-refractivity contribution in [1.82, 2.24) is 4.98 Å². The van der Waals surface area contributed by atoms with Gasteiger partial charge in [-0.3, -0.25) is 4.79 Å². The third-order valence-electron chi connectivity index (χ3n) is 3.51. The average Bonchev–Trinajstić information content (AvgIpc) is 2.96. The van der Waals surface area contributed by atoms with Gasteiger partial charge in [0.1, 0.15) is 5.56 Å². The number of para-hydroxylation sites is 1. The quantitative estimate of drug-likeness (QED) is 0.871. The van der Waals surface area contributed by atoms with E-state index < -0.39 is 18.7 Å². The second kappa shape index (κ2) is 5.91. The van der Waals surface area contributed by atoms with Gasteiger partial charge in [-0.25, -0.2) is 4.98 Å². The third-order valence-corrected chi connectivity index (χ3v) is 3.51. The maximum atomic E-state index is 12.7. The second-order valence-electron chi connectivity index (χ2n) is 5.10. The standard InChI is InChI=1S/C16H13F3N2O2/c17-16(18,19)10-23-14-12(5-3-8-20-14)15(22)21-9-7-11-4-1-2-6-13(11)21/h1-6,8H,7,9-10H2. The van der Waals surface area contributed by atoms with Gasteiger partial charge in [-0.15, -0.1) is 0 Å². The number of carbonyl (C=O) groups excluding carboxylic acids is 1. The van der Waals surface area contributed by atoms with Gasteiger partial charge in [0.15, 0.2) is 6.61 Å². The Bertz CT molecular complexity index is 731. The summed E-state index contributed by atoms with van der Waals surface area (Å²) in [4.78, 5) is 18.0. The van der Waals surface area contributed by atoms with E-state index in [2.05, 4.69) is 9.72 Å². The van der Waals surface area contributed by atoms with E-state index in [4.69, 9.17) is 0 Å². The van der Waals surface area contributed by atoms with Gasteiger partial charge in [0.05, 0.1) is 0 Å². The van der Waals surface area contributed by atoms with Crippen LogP contribution in [0.4, 0.5) is 18.9 Å². The Hall–Kier alpha value is -2.57. The van der Waals surface area contributed by atoms with Crippen molar-refractivity contribution in [2.45, 2.75) is 12.6 Å². The minimum atomic E-state index is -4.49. The molecule has 2 aromatic rings. The van der Waals surface area contributed by atoms with E-state index in [9.17, 15) is 18.0 Å². The maximum Gasteiger partial charge on any atom is 0.422 e. The Labute approximate surface area is 130 Å². The zero-order chi connectivity index (χ0) is 16.4. The number of fused-ring (bicyclic) bond motifs is 1. The smallest absolute Gasteiger partial charge is 0.422 e. The second-order valence-corrected chi connectivity index (χ2v) is 5.10. The summed E-state index contributed by atoms with van der Waals surface area (Å²) < 4.78 is 41.7. The predicted octanol–water partition coefficient (Wildman–Crippen LogP) is 3.23. The third kappa shape index (κ3) is 3.28. The number of nitrogens with zero attached hydrogens (tertiary/aromatic N) is 2. The van der Waals surface area contributed by atoms with Crippen LogP contribution in [0.1, 0.15) is 15.9 Å². The average molecular weight is 322 g/mol. The molecule has 0 saturated carbocycles. The Balaban J connectivity index is 1.86. The number of rotatable bonds is 3. The van der Waals surface area contributed by atoms with E-state index in [1.165, 1.54) is 23.2 Å². The molecule has 0 fully saturated rings. The number of pyridine rings is 1. The monoisotopic (exact) mass is 322 g/mol. The van der Waals surface area contributed by atoms with Crippen LogP contribution in [-0.2, 0) is 6.42 Å². The first-order valence-corrected chi connectivity index (χ1v) is 7.00. The molecular formula is C16H13F3N2O2. The van der Waals surface area contributed by atoms with Crippen molar-refractivity contribution in [1.29, 1.82) is 0 Å². The van der Waals surface area contributed by atoms with E-state index in [1.807, 2.05) is 24.3 Å². The van der Waals surface area contributed by atoms with Gasteiger partial charge in [0.25, 0.3) is 5.91 Å². The van der Waals surface area contributed by atoms with Crippen LogP contribution < -0.4 is 9.64 Å². The number of amides is 1. The number of halogens is 3. The Kier molecular flexibility index (Phi) is 3.94. The molecule has 1 aromatic carbocycles. The number of hydrogen-bond acceptors (Lipinski definition) is 3. The molecule has 120 valence electrons. The molecule has 3 rings (SSSR count). The first-order chi connectivity index (χ1) is 11.0. The van der Waals surface area contributed by atoms with E-state index in [-0.39, 0.29) is 11.4 Å². The molecule has 1 aliphatic heterocycles. The molecule has 2 heterocycles. The summed E-state index contributed by atoms with van der Waals surface area (Å²) >= 11 is 0. The van der Waals surface area contributed by atoms with Gasteiger partial charge in [-0.05, 0) is 30.2 Å². The molecule has 7 heteroatoms. The molecule has 0 spiro atoms. The molecule has 1 aromatic heterocycles. The molecule has 0 saturated heterocycles. The van der Waals surface area contributed by atoms with Crippen LogP contribution in [0.3, 0.4) is 0 Å². The fourth-order valence-corrected chi connectivity index (χ4v) is 2.51. The summed E-state index contributed by atoms with van der Waals surface area (Å²) in [7, 11) is 0. The van der Waals surface area contributed by atoms with Gasteiger partial charge in [-0.2, -0.15) is 13.2 Å². The molecule has 1 aliphatic rings. The van der Waals surface area contributed by atoms with Gasteiger partial charge < -0.3 is 9.64 Å². The fourth-order valence-electron chi connectivity index (χ4n) is 2.51. The minimum Gasteiger partial charge on any atom is -0.467 e. The minimum absolute atomic E-state index is 0.0217. The van der Waals surface area contributed by atoms with Crippen LogP contribution in [-0.4, -0.2) is 30.2 Å². The van der Waals surface area contributed by atoms with Crippen molar-refractivity contribution < 1.29 is 22.7 Å². The molecule has 0 N–H and O–H groups in total. The summed E-state index contributed by atoms with van der Waals surface area (Å²) in [5.41, 5.74) is 1.82. The zero-order valence-electron chi connectivity index (χ0n) is 12.0. The van der Waals surface area contributed by atoms with Crippen LogP contribution in [0.15, 0.2) is 42.6 Å². The normalized spacial score (nSPS) is 13.8. The maximum absolute atomic E-state index is 12.7. The van der Waals surface area contributed by atoms with E-state index in [1.54, 1.807) is 0 Å². The van der Waals surface area contributed by atoms with Gasteiger partial charge in [0.2, 0.25) is 5.88 Å². The molecule has 0 bridgehead atoms. The van der Waals surface area contributed by atoms with Crippen molar-refractivity contribution in [3.05, 3.63) is 53.7 Å². The summed E-state index contributed by atoms with van der Waals surface area (Å²) in [6, 6.07) is 10.3. The highest BCUT2D eigenvalue weighted by Gasteiger charge is 2.31. The highest BCUT2D eigenvalue weighted by Crippen LogP contribution is 2.30. The lowest BCUT2D eigenvalue weighted by molar-refractivity contribution is -0.154. The molecule has 0 aliphatic carbocycles. The predicted molar refractivity (Wildman–Crippen MR) is 77.6 cm³/mol. The Morgan fingerprint density at radius 1 is 1.22 bits per heavy atom. The zero-order valence-corrected chi connectivity index (χ0v) is 12.0.